The van der Waals surface area contributed by atoms with Crippen molar-refractivity contribution < 1.29 is 41.2 Å². The monoisotopic (exact) mass is 437 g/mol. The van der Waals surface area contributed by atoms with Crippen LogP contribution in [0.1, 0.15) is 20.3 Å². The van der Waals surface area contributed by atoms with Crippen LogP contribution in [0.4, 0.5) is 23.7 Å². The fourth-order valence-electron chi connectivity index (χ4n) is 2.76. The molecule has 1 amide bonds. The lowest BCUT2D eigenvalue weighted by Gasteiger charge is -2.26. The molecule has 3 atom stereocenters. The summed E-state index contributed by atoms with van der Waals surface area (Å²) in [6.45, 7) is 1.93. The number of amides is 1. The molecule has 1 aromatic carbocycles. The third-order valence-electron chi connectivity index (χ3n) is 4.38. The largest absolute Gasteiger partial charge is 0.484 e. The van der Waals surface area contributed by atoms with Crippen LogP contribution in [0.2, 0.25) is 0 Å². The lowest BCUT2D eigenvalue weighted by atomic mass is 10.0. The summed E-state index contributed by atoms with van der Waals surface area (Å²) in [6.07, 6.45) is -4.45. The van der Waals surface area contributed by atoms with Crippen LogP contribution in [0.25, 0.3) is 0 Å². The Labute approximate surface area is 168 Å². The van der Waals surface area contributed by atoms with Gasteiger partial charge in [0.25, 0.3) is 0 Å². The zero-order valence-electron chi connectivity index (χ0n) is 16.2. The molecule has 1 saturated heterocycles. The van der Waals surface area contributed by atoms with Gasteiger partial charge in [-0.1, -0.05) is 0 Å². The Morgan fingerprint density at radius 1 is 1.31 bits per heavy atom. The quantitative estimate of drug-likeness (QED) is 0.582. The van der Waals surface area contributed by atoms with Crippen LogP contribution in [0.5, 0.6) is 5.75 Å². The Balaban J connectivity index is 2.06. The van der Waals surface area contributed by atoms with Gasteiger partial charge in [0.1, 0.15) is 16.6 Å². The summed E-state index contributed by atoms with van der Waals surface area (Å²) in [4.78, 5) is 25.7. The third-order valence-corrected chi connectivity index (χ3v) is 5.99. The van der Waals surface area contributed by atoms with Crippen LogP contribution in [-0.4, -0.2) is 59.3 Å². The van der Waals surface area contributed by atoms with Gasteiger partial charge < -0.3 is 14.2 Å². The normalized spacial score (nSPS) is 20.0. The van der Waals surface area contributed by atoms with Crippen molar-refractivity contribution in [1.29, 1.82) is 0 Å². The molecule has 1 aliphatic rings. The zero-order chi connectivity index (χ0) is 21.8. The van der Waals surface area contributed by atoms with E-state index in [9.17, 15) is 27.0 Å². The van der Waals surface area contributed by atoms with Crippen molar-refractivity contribution in [2.75, 3.05) is 30.9 Å². The number of benzene rings is 1. The molecule has 162 valence electrons. The highest BCUT2D eigenvalue weighted by atomic mass is 32.2. The number of alkyl halides is 3. The highest BCUT2D eigenvalue weighted by Gasteiger charge is 2.45. The first-order chi connectivity index (χ1) is 13.5. The molecule has 29 heavy (non-hydrogen) atoms. The molecule has 1 aromatic rings. The summed E-state index contributed by atoms with van der Waals surface area (Å²) in [7, 11) is -1.57. The van der Waals surface area contributed by atoms with E-state index in [0.717, 1.165) is 0 Å². The number of halogens is 3. The Hall–Kier alpha value is -2.30. The number of hydrogen-bond donors (Lipinski definition) is 0. The van der Waals surface area contributed by atoms with Gasteiger partial charge in [-0.15, -0.1) is 0 Å². The van der Waals surface area contributed by atoms with Gasteiger partial charge in [-0.3, -0.25) is 13.9 Å². The van der Waals surface area contributed by atoms with E-state index in [0.29, 0.717) is 5.69 Å². The van der Waals surface area contributed by atoms with Gasteiger partial charge >= 0.3 is 18.2 Å². The Bertz CT molecular complexity index is 770. The van der Waals surface area contributed by atoms with Crippen molar-refractivity contribution in [2.45, 2.75) is 37.3 Å². The Morgan fingerprint density at radius 2 is 1.93 bits per heavy atom. The number of carbonyl (C=O) groups excluding carboxylic acids is 2. The third kappa shape index (κ3) is 5.84. The van der Waals surface area contributed by atoms with Gasteiger partial charge in [0.05, 0.1) is 13.2 Å². The van der Waals surface area contributed by atoms with Gasteiger partial charge in [-0.25, -0.2) is 4.79 Å². The maximum absolute atomic E-state index is 12.2. The number of rotatable bonds is 8. The van der Waals surface area contributed by atoms with E-state index in [1.807, 2.05) is 0 Å². The molecule has 1 fully saturated rings. The molecule has 11 heteroatoms. The Morgan fingerprint density at radius 3 is 2.45 bits per heavy atom. The van der Waals surface area contributed by atoms with Crippen LogP contribution < -0.4 is 9.64 Å². The SMILES string of the molecule is CCOC(=O)C(C)(C[C@H]1CN(c2ccc(OCC(F)(F)F)cc2)C(=O)O1)S(C)=O. The summed E-state index contributed by atoms with van der Waals surface area (Å²) >= 11 is 0. The van der Waals surface area contributed by atoms with Gasteiger partial charge in [0, 0.05) is 29.2 Å². The Kier molecular flexibility index (Phi) is 7.15. The van der Waals surface area contributed by atoms with Crippen molar-refractivity contribution >= 4 is 28.5 Å². The number of esters is 1. The lowest BCUT2D eigenvalue weighted by Crippen LogP contribution is -2.44. The second-order valence-electron chi connectivity index (χ2n) is 6.62. The predicted molar refractivity (Wildman–Crippen MR) is 99.3 cm³/mol. The first-order valence-electron chi connectivity index (χ1n) is 8.75. The average Bonchev–Trinajstić information content (AvgIpc) is 2.99. The number of carbonyl (C=O) groups is 2. The lowest BCUT2D eigenvalue weighted by molar-refractivity contribution is -0.153. The molecule has 2 unspecified atom stereocenters. The maximum Gasteiger partial charge on any atom is 0.422 e. The molecule has 0 spiro atoms. The first kappa shape index (κ1) is 23.0. The van der Waals surface area contributed by atoms with Crippen LogP contribution in [0.3, 0.4) is 0 Å². The molecule has 0 radical (unpaired) electrons. The molecule has 7 nitrogen and oxygen atoms in total. The fraction of sp³-hybridized carbons (Fsp3) is 0.556. The minimum absolute atomic E-state index is 0.00393. The van der Waals surface area contributed by atoms with Crippen LogP contribution in [-0.2, 0) is 25.1 Å². The molecular weight excluding hydrogens is 415 g/mol. The standard InChI is InChI=1S/C18H22F3NO6S/c1-4-26-15(23)17(2,29(3)25)9-14-10-22(16(24)28-14)12-5-7-13(8-6-12)27-11-18(19,20)21/h5-8,14H,4,9-11H2,1-3H3/t14-,17?,29?/m0/s1. The smallest absolute Gasteiger partial charge is 0.422 e. The number of anilines is 1. The summed E-state index contributed by atoms with van der Waals surface area (Å²) < 4.78 is 62.3. The second kappa shape index (κ2) is 9.02. The maximum atomic E-state index is 12.2. The van der Waals surface area contributed by atoms with E-state index in [1.54, 1.807) is 6.92 Å². The van der Waals surface area contributed by atoms with Gasteiger partial charge in [0.2, 0.25) is 0 Å². The van der Waals surface area contributed by atoms with E-state index < -0.39 is 46.5 Å². The van der Waals surface area contributed by atoms with E-state index in [2.05, 4.69) is 4.74 Å². The summed E-state index contributed by atoms with van der Waals surface area (Å²) in [5.41, 5.74) is 0.396. The van der Waals surface area contributed by atoms with Gasteiger partial charge in [-0.2, -0.15) is 13.2 Å². The molecule has 1 aliphatic heterocycles. The van der Waals surface area contributed by atoms with E-state index in [1.165, 1.54) is 42.3 Å². The summed E-state index contributed by atoms with van der Waals surface area (Å²) in [5, 5.41) is 0. The van der Waals surface area contributed by atoms with E-state index in [4.69, 9.17) is 9.47 Å². The number of nitrogens with zero attached hydrogens (tertiary/aromatic N) is 1. The molecule has 0 bridgehead atoms. The van der Waals surface area contributed by atoms with Crippen molar-refractivity contribution in [2.24, 2.45) is 0 Å². The number of cyclic esters (lactones) is 1. The molecule has 0 N–H and O–H groups in total. The molecule has 1 heterocycles. The topological polar surface area (TPSA) is 82.1 Å². The minimum atomic E-state index is -4.45. The molecular formula is C18H22F3NO6S. The first-order valence-corrected chi connectivity index (χ1v) is 10.3. The van der Waals surface area contributed by atoms with Gasteiger partial charge in [-0.05, 0) is 38.1 Å². The van der Waals surface area contributed by atoms with Crippen LogP contribution in [0, 0.1) is 0 Å². The second-order valence-corrected chi connectivity index (χ2v) is 8.43. The van der Waals surface area contributed by atoms with Crippen LogP contribution >= 0.6 is 0 Å². The van der Waals surface area contributed by atoms with E-state index in [-0.39, 0.29) is 25.3 Å². The summed E-state index contributed by atoms with van der Waals surface area (Å²) in [6, 6.07) is 5.48. The average molecular weight is 437 g/mol. The number of ether oxygens (including phenoxy) is 3. The summed E-state index contributed by atoms with van der Waals surface area (Å²) in [5.74, 6) is -0.632. The van der Waals surface area contributed by atoms with E-state index >= 15 is 0 Å². The molecule has 0 saturated carbocycles. The zero-order valence-corrected chi connectivity index (χ0v) is 17.0. The molecule has 0 aromatic heterocycles. The van der Waals surface area contributed by atoms with Gasteiger partial charge in [0.15, 0.2) is 6.61 Å². The minimum Gasteiger partial charge on any atom is -0.484 e. The highest BCUT2D eigenvalue weighted by Crippen LogP contribution is 2.30. The molecule has 2 rings (SSSR count). The van der Waals surface area contributed by atoms with Crippen molar-refractivity contribution in [3.63, 3.8) is 0 Å². The number of hydrogen-bond acceptors (Lipinski definition) is 6. The highest BCUT2D eigenvalue weighted by molar-refractivity contribution is 7.86. The van der Waals surface area contributed by atoms with Crippen LogP contribution in [0.15, 0.2) is 24.3 Å². The van der Waals surface area contributed by atoms with Crippen molar-refractivity contribution in [3.05, 3.63) is 24.3 Å². The predicted octanol–water partition coefficient (Wildman–Crippen LogP) is 3.04. The fourth-order valence-corrected chi connectivity index (χ4v) is 3.48. The van der Waals surface area contributed by atoms with Crippen molar-refractivity contribution in [3.8, 4) is 5.75 Å². The van der Waals surface area contributed by atoms with Crippen molar-refractivity contribution in [1.82, 2.24) is 0 Å². The molecule has 0 aliphatic carbocycles.